The molecular weight excluding hydrogens is 480 g/mol. The lowest BCUT2D eigenvalue weighted by atomic mass is 9.71. The number of allylic oxidation sites excluding steroid dienone is 1. The van der Waals surface area contributed by atoms with Crippen LogP contribution in [0, 0.1) is 13.8 Å². The Morgan fingerprint density at radius 3 is 2.67 bits per heavy atom. The van der Waals surface area contributed by atoms with E-state index in [1.165, 1.54) is 20.2 Å². The van der Waals surface area contributed by atoms with E-state index in [1.807, 2.05) is 6.07 Å². The lowest BCUT2D eigenvalue weighted by molar-refractivity contribution is 0.0905. The summed E-state index contributed by atoms with van der Waals surface area (Å²) in [6.07, 6.45) is 4.04. The van der Waals surface area contributed by atoms with E-state index in [0.29, 0.717) is 22.8 Å². The van der Waals surface area contributed by atoms with Crippen LogP contribution in [0.15, 0.2) is 18.2 Å². The van der Waals surface area contributed by atoms with Gasteiger partial charge in [-0.2, -0.15) is 5.10 Å². The van der Waals surface area contributed by atoms with Gasteiger partial charge in [0, 0.05) is 16.5 Å². The zero-order chi connectivity index (χ0) is 25.7. The molecule has 1 aliphatic carbocycles. The van der Waals surface area contributed by atoms with E-state index in [1.54, 1.807) is 35.9 Å². The van der Waals surface area contributed by atoms with Crippen molar-refractivity contribution in [3.8, 4) is 23.1 Å². The summed E-state index contributed by atoms with van der Waals surface area (Å²) in [4.78, 5) is 37.4. The third-order valence-electron chi connectivity index (χ3n) is 7.15. The molecule has 4 aromatic rings. The fourth-order valence-corrected chi connectivity index (χ4v) is 6.11. The lowest BCUT2D eigenvalue weighted by Gasteiger charge is -2.27. The predicted octanol–water partition coefficient (Wildman–Crippen LogP) is 4.56. The number of nitrogens with zero attached hydrogens (tertiary/aromatic N) is 4. The molecule has 3 aromatic heterocycles. The molecule has 9 nitrogen and oxygen atoms in total. The van der Waals surface area contributed by atoms with Crippen molar-refractivity contribution in [2.24, 2.45) is 0 Å². The maximum Gasteiger partial charge on any atom is 0.185 e. The van der Waals surface area contributed by atoms with Crippen molar-refractivity contribution >= 4 is 39.2 Å². The molecule has 0 amide bonds. The minimum absolute atomic E-state index is 0.00219. The summed E-state index contributed by atoms with van der Waals surface area (Å²) in [6, 6.07) is 2.03. The maximum atomic E-state index is 14.1. The van der Waals surface area contributed by atoms with Crippen LogP contribution >= 0.6 is 11.3 Å². The van der Waals surface area contributed by atoms with Crippen LogP contribution in [-0.2, 0) is 11.8 Å². The first kappa shape index (κ1) is 22.4. The topological polar surface area (TPSA) is 127 Å². The Bertz CT molecular complexity index is 1710. The molecule has 0 bridgehead atoms. The van der Waals surface area contributed by atoms with Gasteiger partial charge in [0.25, 0.3) is 0 Å². The van der Waals surface area contributed by atoms with Gasteiger partial charge in [0.2, 0.25) is 0 Å². The van der Waals surface area contributed by atoms with Crippen LogP contribution in [0.5, 0.6) is 17.2 Å². The molecule has 1 atom stereocenters. The molecule has 1 unspecified atom stereocenters. The molecule has 0 saturated carbocycles. The number of aryl methyl sites for hydroxylation is 2. The summed E-state index contributed by atoms with van der Waals surface area (Å²) in [7, 11) is 0. The molecule has 2 aliphatic rings. The van der Waals surface area contributed by atoms with Gasteiger partial charge in [0.05, 0.1) is 27.9 Å². The molecule has 2 N–H and O–H groups in total. The van der Waals surface area contributed by atoms with Crippen molar-refractivity contribution in [1.82, 2.24) is 19.7 Å². The van der Waals surface area contributed by atoms with E-state index in [9.17, 15) is 19.8 Å². The van der Waals surface area contributed by atoms with E-state index < -0.39 is 11.2 Å². The van der Waals surface area contributed by atoms with Crippen LogP contribution in [0.25, 0.3) is 22.1 Å². The van der Waals surface area contributed by atoms with Gasteiger partial charge in [-0.15, -0.1) is 11.3 Å². The SMILES string of the molecule is CCc1cc2c(-n3nc(C)c4c3C=C3Oc5c(C(C)=O)c(O)c(C)c(O)c5C3(C)C4=O)ncnc2s1. The number of phenolic OH excluding ortho intramolecular Hbond substituents is 2. The number of phenols is 2. The highest BCUT2D eigenvalue weighted by Gasteiger charge is 2.55. The molecule has 10 heteroatoms. The zero-order valence-electron chi connectivity index (χ0n) is 20.3. The van der Waals surface area contributed by atoms with Gasteiger partial charge in [-0.25, -0.2) is 14.6 Å². The number of rotatable bonds is 3. The molecule has 0 saturated heterocycles. The first-order valence-electron chi connectivity index (χ1n) is 11.5. The summed E-state index contributed by atoms with van der Waals surface area (Å²) in [5.74, 6) is -0.604. The van der Waals surface area contributed by atoms with Crippen molar-refractivity contribution in [3.63, 3.8) is 0 Å². The average molecular weight is 503 g/mol. The highest BCUT2D eigenvalue weighted by molar-refractivity contribution is 7.18. The number of aromatic hydroxyl groups is 2. The number of hydrogen-bond donors (Lipinski definition) is 2. The maximum absolute atomic E-state index is 14.1. The van der Waals surface area contributed by atoms with Gasteiger partial charge in [-0.3, -0.25) is 9.59 Å². The van der Waals surface area contributed by atoms with Crippen LogP contribution in [0.2, 0.25) is 0 Å². The smallest absolute Gasteiger partial charge is 0.185 e. The second-order valence-corrected chi connectivity index (χ2v) is 10.4. The number of fused-ring (bicyclic) bond motifs is 5. The standard InChI is InChI=1S/C26H22N4O5S/c1-6-13-7-14-24(27-9-28-25(14)36-13)30-15-8-16-26(5,23(34)17(15)11(3)29-30)19-21(33)10(2)20(32)18(12(4)31)22(19)35-16/h7-9,32-33H,6H2,1-5H3. The van der Waals surface area contributed by atoms with Gasteiger partial charge in [0.15, 0.2) is 17.4 Å². The van der Waals surface area contributed by atoms with Crippen LogP contribution < -0.4 is 4.74 Å². The van der Waals surface area contributed by atoms with Gasteiger partial charge in [0.1, 0.15) is 45.1 Å². The number of aromatic nitrogens is 4. The van der Waals surface area contributed by atoms with E-state index in [4.69, 9.17) is 4.74 Å². The van der Waals surface area contributed by atoms with Gasteiger partial charge in [-0.05, 0) is 40.2 Å². The third kappa shape index (κ3) is 2.62. The lowest BCUT2D eigenvalue weighted by Crippen LogP contribution is -2.36. The Balaban J connectivity index is 1.63. The van der Waals surface area contributed by atoms with Gasteiger partial charge >= 0.3 is 0 Å². The number of carbonyl (C=O) groups excluding carboxylic acids is 2. The number of benzene rings is 1. The molecular formula is C26H22N4O5S. The van der Waals surface area contributed by atoms with E-state index >= 15 is 0 Å². The highest BCUT2D eigenvalue weighted by atomic mass is 32.1. The fraction of sp³-hybridized carbons (Fsp3) is 0.269. The first-order chi connectivity index (χ1) is 17.1. The molecule has 0 fully saturated rings. The second kappa shape index (κ2) is 7.23. The fourth-order valence-electron chi connectivity index (χ4n) is 5.18. The van der Waals surface area contributed by atoms with Crippen molar-refractivity contribution in [1.29, 1.82) is 0 Å². The Kier molecular flexibility index (Phi) is 4.50. The Hall–Kier alpha value is -4.05. The minimum Gasteiger partial charge on any atom is -0.507 e. The van der Waals surface area contributed by atoms with Crippen molar-refractivity contribution in [2.75, 3.05) is 0 Å². The van der Waals surface area contributed by atoms with Crippen molar-refractivity contribution in [2.45, 2.75) is 46.5 Å². The molecule has 1 aliphatic heterocycles. The summed E-state index contributed by atoms with van der Waals surface area (Å²) < 4.78 is 7.70. The zero-order valence-corrected chi connectivity index (χ0v) is 21.1. The quantitative estimate of drug-likeness (QED) is 0.391. The number of carbonyl (C=O) groups is 2. The number of ether oxygens (including phenoxy) is 1. The van der Waals surface area contributed by atoms with Crippen LogP contribution in [0.3, 0.4) is 0 Å². The second-order valence-electron chi connectivity index (χ2n) is 9.26. The monoisotopic (exact) mass is 502 g/mol. The Morgan fingerprint density at radius 1 is 1.22 bits per heavy atom. The molecule has 0 radical (unpaired) electrons. The largest absolute Gasteiger partial charge is 0.507 e. The Labute approximate surface area is 209 Å². The predicted molar refractivity (Wildman–Crippen MR) is 133 cm³/mol. The molecule has 4 heterocycles. The van der Waals surface area contributed by atoms with Crippen LogP contribution in [0.1, 0.15) is 68.9 Å². The first-order valence-corrected chi connectivity index (χ1v) is 12.3. The molecule has 36 heavy (non-hydrogen) atoms. The molecule has 1 aromatic carbocycles. The van der Waals surface area contributed by atoms with E-state index in [0.717, 1.165) is 21.5 Å². The molecule has 182 valence electrons. The molecule has 0 spiro atoms. The average Bonchev–Trinajstić information content (AvgIpc) is 3.49. The number of Topliss-reactive ketones (excluding diaryl/α,β-unsaturated/α-hetero) is 2. The molecule has 6 rings (SSSR count). The van der Waals surface area contributed by atoms with Crippen LogP contribution in [-0.4, -0.2) is 41.5 Å². The van der Waals surface area contributed by atoms with E-state index in [-0.39, 0.29) is 45.5 Å². The summed E-state index contributed by atoms with van der Waals surface area (Å²) in [6.45, 7) is 8.27. The minimum atomic E-state index is -1.40. The summed E-state index contributed by atoms with van der Waals surface area (Å²) in [5, 5.41) is 27.1. The summed E-state index contributed by atoms with van der Waals surface area (Å²) in [5.41, 5.74) is 0.202. The van der Waals surface area contributed by atoms with Crippen LogP contribution in [0.4, 0.5) is 0 Å². The highest BCUT2D eigenvalue weighted by Crippen LogP contribution is 2.58. The number of hydrogen-bond acceptors (Lipinski definition) is 9. The normalized spacial score (nSPS) is 18.0. The van der Waals surface area contributed by atoms with E-state index in [2.05, 4.69) is 22.0 Å². The van der Waals surface area contributed by atoms with Gasteiger partial charge in [-0.1, -0.05) is 6.92 Å². The summed E-state index contributed by atoms with van der Waals surface area (Å²) >= 11 is 1.58. The van der Waals surface area contributed by atoms with Crippen molar-refractivity contribution in [3.05, 3.63) is 56.7 Å². The van der Waals surface area contributed by atoms with Crippen molar-refractivity contribution < 1.29 is 24.5 Å². The Morgan fingerprint density at radius 2 is 1.97 bits per heavy atom. The number of ketones is 2. The number of thiophene rings is 1. The van der Waals surface area contributed by atoms with Gasteiger partial charge < -0.3 is 14.9 Å². The third-order valence-corrected chi connectivity index (χ3v) is 8.34.